The molecule has 13 nitrogen and oxygen atoms in total. The lowest BCUT2D eigenvalue weighted by Crippen LogP contribution is -2.60. The minimum absolute atomic E-state index is 0.0153. The van der Waals surface area contributed by atoms with Gasteiger partial charge in [-0.1, -0.05) is 40.5 Å². The average Bonchev–Trinajstić information content (AvgIpc) is 3.53. The van der Waals surface area contributed by atoms with Crippen molar-refractivity contribution in [2.75, 3.05) is 13.1 Å². The van der Waals surface area contributed by atoms with Crippen molar-refractivity contribution in [2.24, 2.45) is 17.3 Å². The molecule has 3 aliphatic rings. The lowest BCUT2D eigenvalue weighted by Gasteiger charge is -2.36. The summed E-state index contributed by atoms with van der Waals surface area (Å²) in [6, 6.07) is -2.78. The second kappa shape index (κ2) is 13.6. The molecule has 1 saturated heterocycles. The number of rotatable bonds is 12. The van der Waals surface area contributed by atoms with Crippen molar-refractivity contribution < 1.29 is 28.8 Å². The van der Waals surface area contributed by atoms with E-state index in [2.05, 4.69) is 31.2 Å². The highest BCUT2D eigenvalue weighted by Gasteiger charge is 2.52. The zero-order chi connectivity index (χ0) is 31.3. The van der Waals surface area contributed by atoms with E-state index in [0.717, 1.165) is 32.1 Å². The Hall–Kier alpha value is -3.90. The molecule has 5 atom stereocenters. The van der Waals surface area contributed by atoms with Gasteiger partial charge in [0.1, 0.15) is 17.8 Å². The van der Waals surface area contributed by atoms with Crippen LogP contribution in [0.15, 0.2) is 18.6 Å². The van der Waals surface area contributed by atoms with E-state index in [4.69, 9.17) is 0 Å². The molecule has 2 saturated carbocycles. The van der Waals surface area contributed by atoms with Crippen LogP contribution in [-0.2, 0) is 24.0 Å². The highest BCUT2D eigenvalue weighted by Crippen LogP contribution is 2.43. The predicted molar refractivity (Wildman–Crippen MR) is 155 cm³/mol. The van der Waals surface area contributed by atoms with Gasteiger partial charge in [0.2, 0.25) is 23.5 Å². The van der Waals surface area contributed by atoms with Crippen LogP contribution in [0.25, 0.3) is 0 Å². The molecule has 43 heavy (non-hydrogen) atoms. The number of hydrogen-bond acceptors (Lipinski definition) is 8. The summed E-state index contributed by atoms with van der Waals surface area (Å²) in [4.78, 5) is 87.9. The van der Waals surface area contributed by atoms with Crippen LogP contribution < -0.4 is 21.3 Å². The summed E-state index contributed by atoms with van der Waals surface area (Å²) < 4.78 is 0. The third-order valence-corrected chi connectivity index (χ3v) is 8.41. The largest absolute Gasteiger partial charge is 0.347 e. The number of hydrogen-bond donors (Lipinski definition) is 4. The molecule has 5 amide bonds. The number of nitrogens with zero attached hydrogens (tertiary/aromatic N) is 3. The number of nitrogens with one attached hydrogen (secondary N) is 4. The van der Waals surface area contributed by atoms with Gasteiger partial charge in [0.05, 0.1) is 18.8 Å². The molecule has 1 aromatic rings. The number of likely N-dealkylation sites (tertiary alicyclic amines) is 1. The van der Waals surface area contributed by atoms with E-state index in [-0.39, 0.29) is 30.1 Å². The van der Waals surface area contributed by atoms with Crippen LogP contribution in [0, 0.1) is 17.3 Å². The van der Waals surface area contributed by atoms with Crippen LogP contribution in [0.1, 0.15) is 83.1 Å². The summed E-state index contributed by atoms with van der Waals surface area (Å²) in [5.41, 5.74) is -0.664. The van der Waals surface area contributed by atoms with Crippen LogP contribution in [0.2, 0.25) is 0 Å². The molecule has 1 aliphatic heterocycles. The molecule has 1 aromatic heterocycles. The Morgan fingerprint density at radius 2 is 1.77 bits per heavy atom. The molecular weight excluding hydrogens is 554 g/mol. The summed E-state index contributed by atoms with van der Waals surface area (Å²) >= 11 is 0. The van der Waals surface area contributed by atoms with Gasteiger partial charge in [-0.05, 0) is 49.4 Å². The van der Waals surface area contributed by atoms with Crippen molar-refractivity contribution in [1.82, 2.24) is 36.1 Å². The van der Waals surface area contributed by atoms with Crippen molar-refractivity contribution >= 4 is 35.3 Å². The summed E-state index contributed by atoms with van der Waals surface area (Å²) in [5.74, 6) is -3.32. The maximum absolute atomic E-state index is 14.1. The third kappa shape index (κ3) is 7.94. The van der Waals surface area contributed by atoms with Crippen molar-refractivity contribution in [2.45, 2.75) is 96.8 Å². The van der Waals surface area contributed by atoms with Crippen LogP contribution in [-0.4, -0.2) is 87.4 Å². The molecule has 0 radical (unpaired) electrons. The standard InChI is InChI=1S/C30H43N7O6/c1-5-7-20(24(39)28(42)34-18-10-11-18)35-27(41)23-19-9-6-8-17(19)16-37(23)29(43)25(30(2,3)4)36-22(38)15-33-26(40)21-14-31-12-13-32-21/h12-14,17-20,23,25H,5-11,15-16H2,1-4H3,(H,33,40)(H,34,42)(H,35,41)(H,36,38). The van der Waals surface area contributed by atoms with Gasteiger partial charge < -0.3 is 26.2 Å². The Labute approximate surface area is 251 Å². The van der Waals surface area contributed by atoms with Crippen LogP contribution >= 0.6 is 0 Å². The zero-order valence-electron chi connectivity index (χ0n) is 25.4. The second-order valence-corrected chi connectivity index (χ2v) is 12.9. The minimum atomic E-state index is -0.986. The average molecular weight is 598 g/mol. The monoisotopic (exact) mass is 597 g/mol. The van der Waals surface area contributed by atoms with Crippen molar-refractivity contribution in [1.29, 1.82) is 0 Å². The van der Waals surface area contributed by atoms with E-state index < -0.39 is 58.9 Å². The third-order valence-electron chi connectivity index (χ3n) is 8.41. The Balaban J connectivity index is 1.47. The molecule has 2 aliphatic carbocycles. The molecule has 4 rings (SSSR count). The summed E-state index contributed by atoms with van der Waals surface area (Å²) in [5, 5.41) is 10.8. The fourth-order valence-electron chi connectivity index (χ4n) is 6.02. The highest BCUT2D eigenvalue weighted by atomic mass is 16.2. The quantitative estimate of drug-likeness (QED) is 0.251. The number of amides is 5. The normalized spacial score (nSPS) is 22.6. The number of aromatic nitrogens is 2. The Kier molecular flexibility index (Phi) is 10.1. The van der Waals surface area contributed by atoms with Gasteiger partial charge in [-0.25, -0.2) is 4.98 Å². The number of Topliss-reactive ketones (excluding diaryl/α,β-unsaturated/α-hetero) is 1. The van der Waals surface area contributed by atoms with Crippen molar-refractivity contribution in [3.05, 3.63) is 24.3 Å². The Morgan fingerprint density at radius 3 is 2.40 bits per heavy atom. The van der Waals surface area contributed by atoms with E-state index >= 15 is 0 Å². The Morgan fingerprint density at radius 1 is 1.02 bits per heavy atom. The summed E-state index contributed by atoms with van der Waals surface area (Å²) in [6.45, 7) is 7.29. The lowest BCUT2D eigenvalue weighted by atomic mass is 9.85. The molecule has 13 heteroatoms. The molecule has 2 heterocycles. The molecular formula is C30H43N7O6. The first-order valence-electron chi connectivity index (χ1n) is 15.2. The van der Waals surface area contributed by atoms with E-state index in [0.29, 0.717) is 19.4 Å². The first-order valence-corrected chi connectivity index (χ1v) is 15.2. The van der Waals surface area contributed by atoms with E-state index in [1.54, 1.807) is 0 Å². The van der Waals surface area contributed by atoms with Gasteiger partial charge in [-0.2, -0.15) is 0 Å². The van der Waals surface area contributed by atoms with Gasteiger partial charge in [-0.3, -0.25) is 33.8 Å². The topological polar surface area (TPSA) is 180 Å². The minimum Gasteiger partial charge on any atom is -0.347 e. The first-order chi connectivity index (χ1) is 20.4. The van der Waals surface area contributed by atoms with E-state index in [9.17, 15) is 28.8 Å². The van der Waals surface area contributed by atoms with Crippen molar-refractivity contribution in [3.63, 3.8) is 0 Å². The molecule has 5 unspecified atom stereocenters. The molecule has 4 N–H and O–H groups in total. The van der Waals surface area contributed by atoms with Gasteiger partial charge in [0, 0.05) is 25.0 Å². The summed E-state index contributed by atoms with van der Waals surface area (Å²) in [7, 11) is 0. The van der Waals surface area contributed by atoms with Gasteiger partial charge in [0.15, 0.2) is 0 Å². The first kappa shape index (κ1) is 32.0. The second-order valence-electron chi connectivity index (χ2n) is 12.9. The number of carbonyl (C=O) groups is 6. The van der Waals surface area contributed by atoms with E-state index in [1.165, 1.54) is 23.5 Å². The number of fused-ring (bicyclic) bond motifs is 1. The lowest BCUT2D eigenvalue weighted by molar-refractivity contribution is -0.145. The van der Waals surface area contributed by atoms with Crippen LogP contribution in [0.5, 0.6) is 0 Å². The maximum atomic E-state index is 14.1. The predicted octanol–water partition coefficient (Wildman–Crippen LogP) is 0.497. The van der Waals surface area contributed by atoms with Crippen LogP contribution in [0.3, 0.4) is 0 Å². The van der Waals surface area contributed by atoms with Gasteiger partial charge in [0.25, 0.3) is 11.8 Å². The number of ketones is 1. The maximum Gasteiger partial charge on any atom is 0.289 e. The van der Waals surface area contributed by atoms with Gasteiger partial charge in [-0.15, -0.1) is 0 Å². The van der Waals surface area contributed by atoms with Gasteiger partial charge >= 0.3 is 0 Å². The van der Waals surface area contributed by atoms with Crippen molar-refractivity contribution in [3.8, 4) is 0 Å². The fraction of sp³-hybridized carbons (Fsp3) is 0.667. The molecule has 0 bridgehead atoms. The SMILES string of the molecule is CCCC(NC(=O)C1C2CCCC2CN1C(=O)C(NC(=O)CNC(=O)c1cnccn1)C(C)(C)C)C(=O)C(=O)NC1CC1. The fourth-order valence-corrected chi connectivity index (χ4v) is 6.02. The Bertz CT molecular complexity index is 1230. The number of carbonyl (C=O) groups excluding carboxylic acids is 6. The van der Waals surface area contributed by atoms with E-state index in [1.807, 2.05) is 27.7 Å². The molecule has 0 spiro atoms. The summed E-state index contributed by atoms with van der Waals surface area (Å²) in [6.07, 6.45) is 9.22. The smallest absolute Gasteiger partial charge is 0.289 e. The zero-order valence-corrected chi connectivity index (χ0v) is 25.4. The van der Waals surface area contributed by atoms with Crippen LogP contribution in [0.4, 0.5) is 0 Å². The highest BCUT2D eigenvalue weighted by molar-refractivity contribution is 6.38. The molecule has 0 aromatic carbocycles. The molecule has 234 valence electrons. The molecule has 3 fully saturated rings.